The van der Waals surface area contributed by atoms with Gasteiger partial charge < -0.3 is 4.74 Å². The van der Waals surface area contributed by atoms with E-state index in [1.807, 2.05) is 26.0 Å². The van der Waals surface area contributed by atoms with Gasteiger partial charge in [0.25, 0.3) is 0 Å². The molecular formula is C21H40N2O3S. The highest BCUT2D eigenvalue weighted by atomic mass is 32.2. The lowest BCUT2D eigenvalue weighted by Gasteiger charge is -2.33. The second kappa shape index (κ2) is 14.1. The molecule has 0 N–H and O–H groups in total. The van der Waals surface area contributed by atoms with E-state index in [1.54, 1.807) is 23.5 Å². The topological polar surface area (TPSA) is 49.9 Å². The fourth-order valence-electron chi connectivity index (χ4n) is 2.59. The Morgan fingerprint density at radius 1 is 1.00 bits per heavy atom. The van der Waals surface area contributed by atoms with Crippen LogP contribution in [-0.2, 0) is 14.8 Å². The van der Waals surface area contributed by atoms with Crippen LogP contribution in [-0.4, -0.2) is 64.1 Å². The molecule has 0 spiro atoms. The van der Waals surface area contributed by atoms with Crippen LogP contribution in [0.3, 0.4) is 0 Å². The average Bonchev–Trinajstić information content (AvgIpc) is 2.69. The van der Waals surface area contributed by atoms with Crippen molar-refractivity contribution in [1.82, 2.24) is 9.21 Å². The number of hydrogen-bond donors (Lipinski definition) is 0. The summed E-state index contributed by atoms with van der Waals surface area (Å²) in [7, 11) is -1.69. The van der Waals surface area contributed by atoms with Crippen LogP contribution in [0.5, 0.6) is 0 Å². The number of rotatable bonds is 6. The second-order valence-corrected chi connectivity index (χ2v) is 8.61. The number of benzene rings is 1. The summed E-state index contributed by atoms with van der Waals surface area (Å²) in [5.74, 6) is 0.404. The van der Waals surface area contributed by atoms with Crippen LogP contribution in [0.15, 0.2) is 29.2 Å². The Bertz CT molecular complexity index is 578. The highest BCUT2D eigenvalue weighted by molar-refractivity contribution is 7.89. The number of sulfonamides is 1. The molecule has 1 saturated heterocycles. The molecule has 1 aliphatic heterocycles. The summed E-state index contributed by atoms with van der Waals surface area (Å²) in [4.78, 5) is 2.62. The molecule has 0 amide bonds. The summed E-state index contributed by atoms with van der Waals surface area (Å²) in [6.45, 7) is 16.6. The molecule has 1 fully saturated rings. The first-order chi connectivity index (χ1) is 12.9. The highest BCUT2D eigenvalue weighted by Crippen LogP contribution is 2.21. The summed E-state index contributed by atoms with van der Waals surface area (Å²) >= 11 is 0. The molecule has 0 aromatic heterocycles. The molecule has 0 saturated carbocycles. The van der Waals surface area contributed by atoms with E-state index >= 15 is 0 Å². The molecule has 0 unspecified atom stereocenters. The molecule has 27 heavy (non-hydrogen) atoms. The van der Waals surface area contributed by atoms with Crippen molar-refractivity contribution in [2.75, 3.05) is 46.4 Å². The van der Waals surface area contributed by atoms with Crippen LogP contribution in [0, 0.1) is 0 Å². The van der Waals surface area contributed by atoms with Gasteiger partial charge in [0.15, 0.2) is 0 Å². The number of piperazine rings is 1. The molecule has 1 aliphatic rings. The van der Waals surface area contributed by atoms with Crippen molar-refractivity contribution in [2.45, 2.75) is 58.8 Å². The van der Waals surface area contributed by atoms with Crippen LogP contribution < -0.4 is 0 Å². The lowest BCUT2D eigenvalue weighted by atomic mass is 10.0. The van der Waals surface area contributed by atoms with Crippen LogP contribution in [0.25, 0.3) is 0 Å². The standard InChI is InChI=1S/C16H26N2O3S.C3H8.C2H6/c1-14(2)15-4-6-16(7-5-15)22(19,20)18-10-8-17(9-11-18)12-13-21-3;1-3-2;1-2/h4-7,14H,8-13H2,1-3H3;3H2,1-2H3;1-2H3. The van der Waals surface area contributed by atoms with E-state index in [1.165, 1.54) is 6.42 Å². The molecule has 158 valence electrons. The van der Waals surface area contributed by atoms with Crippen molar-refractivity contribution in [3.8, 4) is 0 Å². The minimum atomic E-state index is -3.37. The minimum absolute atomic E-state index is 0.391. The Balaban J connectivity index is 0.00000123. The normalized spacial score (nSPS) is 15.6. The van der Waals surface area contributed by atoms with Gasteiger partial charge >= 0.3 is 0 Å². The third-order valence-electron chi connectivity index (χ3n) is 4.13. The molecule has 0 atom stereocenters. The first-order valence-electron chi connectivity index (χ1n) is 10.2. The summed E-state index contributed by atoms with van der Waals surface area (Å²) in [5.41, 5.74) is 1.16. The summed E-state index contributed by atoms with van der Waals surface area (Å²) in [6.07, 6.45) is 1.25. The molecule has 5 nitrogen and oxygen atoms in total. The van der Waals surface area contributed by atoms with E-state index in [0.29, 0.717) is 30.5 Å². The largest absolute Gasteiger partial charge is 0.383 e. The van der Waals surface area contributed by atoms with E-state index in [2.05, 4.69) is 32.6 Å². The van der Waals surface area contributed by atoms with Crippen molar-refractivity contribution >= 4 is 10.0 Å². The second-order valence-electron chi connectivity index (χ2n) is 6.67. The third kappa shape index (κ3) is 8.73. The van der Waals surface area contributed by atoms with Crippen molar-refractivity contribution in [3.05, 3.63) is 29.8 Å². The average molecular weight is 401 g/mol. The van der Waals surface area contributed by atoms with Crippen molar-refractivity contribution in [2.24, 2.45) is 0 Å². The number of nitrogens with zero attached hydrogens (tertiary/aromatic N) is 2. The van der Waals surface area contributed by atoms with Gasteiger partial charge in [-0.3, -0.25) is 4.90 Å². The van der Waals surface area contributed by atoms with E-state index < -0.39 is 10.0 Å². The Kier molecular flexibility index (Phi) is 13.6. The predicted octanol–water partition coefficient (Wildman–Crippen LogP) is 4.21. The third-order valence-corrected chi connectivity index (χ3v) is 6.04. The molecule has 1 heterocycles. The zero-order valence-electron chi connectivity index (χ0n) is 18.4. The summed E-state index contributed by atoms with van der Waals surface area (Å²) in [6, 6.07) is 7.27. The predicted molar refractivity (Wildman–Crippen MR) is 115 cm³/mol. The van der Waals surface area contributed by atoms with Crippen molar-refractivity contribution < 1.29 is 13.2 Å². The lowest BCUT2D eigenvalue weighted by Crippen LogP contribution is -2.49. The van der Waals surface area contributed by atoms with Crippen molar-refractivity contribution in [1.29, 1.82) is 0 Å². The number of hydrogen-bond acceptors (Lipinski definition) is 4. The molecule has 2 rings (SSSR count). The Labute approximate surface area is 167 Å². The monoisotopic (exact) mass is 400 g/mol. The summed E-state index contributed by atoms with van der Waals surface area (Å²) in [5, 5.41) is 0. The first-order valence-corrected chi connectivity index (χ1v) is 11.6. The van der Waals surface area contributed by atoms with E-state index in [0.717, 1.165) is 25.2 Å². The van der Waals surface area contributed by atoms with Crippen molar-refractivity contribution in [3.63, 3.8) is 0 Å². The van der Waals surface area contributed by atoms with Gasteiger partial charge in [-0.15, -0.1) is 0 Å². The molecule has 0 aliphatic carbocycles. The zero-order valence-corrected chi connectivity index (χ0v) is 19.2. The maximum atomic E-state index is 12.7. The first kappa shape index (κ1) is 26.1. The van der Waals surface area contributed by atoms with E-state index in [9.17, 15) is 8.42 Å². The van der Waals surface area contributed by atoms with Crippen LogP contribution in [0.1, 0.15) is 59.4 Å². The smallest absolute Gasteiger partial charge is 0.243 e. The number of methoxy groups -OCH3 is 1. The van der Waals surface area contributed by atoms with Gasteiger partial charge in [0.1, 0.15) is 0 Å². The molecule has 0 radical (unpaired) electrons. The number of ether oxygens (including phenoxy) is 1. The van der Waals surface area contributed by atoms with E-state index in [-0.39, 0.29) is 0 Å². The molecule has 1 aromatic carbocycles. The van der Waals surface area contributed by atoms with Gasteiger partial charge in [0.2, 0.25) is 10.0 Å². The van der Waals surface area contributed by atoms with Crippen LogP contribution >= 0.6 is 0 Å². The Morgan fingerprint density at radius 2 is 1.48 bits per heavy atom. The molecular weight excluding hydrogens is 360 g/mol. The maximum absolute atomic E-state index is 12.7. The van der Waals surface area contributed by atoms with Gasteiger partial charge in [0, 0.05) is 39.8 Å². The Hall–Kier alpha value is -0.950. The van der Waals surface area contributed by atoms with Gasteiger partial charge in [0.05, 0.1) is 11.5 Å². The maximum Gasteiger partial charge on any atom is 0.243 e. The summed E-state index contributed by atoms with van der Waals surface area (Å²) < 4.78 is 32.0. The van der Waals surface area contributed by atoms with E-state index in [4.69, 9.17) is 4.74 Å². The fourth-order valence-corrected chi connectivity index (χ4v) is 4.01. The molecule has 1 aromatic rings. The van der Waals surface area contributed by atoms with Crippen LogP contribution in [0.4, 0.5) is 0 Å². The lowest BCUT2D eigenvalue weighted by molar-refractivity contribution is 0.123. The van der Waals surface area contributed by atoms with Gasteiger partial charge in [-0.1, -0.05) is 60.1 Å². The van der Waals surface area contributed by atoms with Crippen LogP contribution in [0.2, 0.25) is 0 Å². The fraction of sp³-hybridized carbons (Fsp3) is 0.714. The molecule has 6 heteroatoms. The Morgan fingerprint density at radius 3 is 1.89 bits per heavy atom. The SMILES string of the molecule is CC.CCC.COCCN1CCN(S(=O)(=O)c2ccc(C(C)C)cc2)CC1. The quantitative estimate of drug-likeness (QED) is 0.718. The van der Waals surface area contributed by atoms with Gasteiger partial charge in [-0.25, -0.2) is 8.42 Å². The molecule has 0 bridgehead atoms. The van der Waals surface area contributed by atoms with Gasteiger partial charge in [-0.2, -0.15) is 4.31 Å². The minimum Gasteiger partial charge on any atom is -0.383 e. The zero-order chi connectivity index (χ0) is 20.9. The highest BCUT2D eigenvalue weighted by Gasteiger charge is 2.28. The van der Waals surface area contributed by atoms with Gasteiger partial charge in [-0.05, 0) is 23.6 Å².